The van der Waals surface area contributed by atoms with E-state index in [0.29, 0.717) is 0 Å². The Balaban J connectivity index is 2.57. The summed E-state index contributed by atoms with van der Waals surface area (Å²) in [7, 11) is 0. The van der Waals surface area contributed by atoms with Crippen LogP contribution in [0.4, 0.5) is 17.1 Å². The Morgan fingerprint density at radius 2 is 2.13 bits per heavy atom. The predicted octanol–water partition coefficient (Wildman–Crippen LogP) is 3.24. The van der Waals surface area contributed by atoms with E-state index < -0.39 is 16.4 Å². The van der Waals surface area contributed by atoms with Gasteiger partial charge in [-0.3, -0.25) is 19.9 Å². The molecule has 23 heavy (non-hydrogen) atoms. The third-order valence-corrected chi connectivity index (χ3v) is 3.15. The Morgan fingerprint density at radius 1 is 1.43 bits per heavy atom. The highest BCUT2D eigenvalue weighted by molar-refractivity contribution is 6.30. The number of nitro groups is 1. The molecule has 0 radical (unpaired) electrons. The maximum atomic E-state index is 11.5. The summed E-state index contributed by atoms with van der Waals surface area (Å²) >= 11 is 5.69. The summed E-state index contributed by atoms with van der Waals surface area (Å²) in [6.45, 7) is 1.40. The molecule has 0 bridgehead atoms. The highest BCUT2D eigenvalue weighted by Gasteiger charge is 2.16. The van der Waals surface area contributed by atoms with Crippen molar-refractivity contribution in [3.05, 3.63) is 54.8 Å². The van der Waals surface area contributed by atoms with Crippen LogP contribution in [0.15, 0.2) is 33.2 Å². The Labute approximate surface area is 133 Å². The van der Waals surface area contributed by atoms with Gasteiger partial charge in [-0.05, 0) is 19.1 Å². The number of azo groups is 1. The maximum Gasteiger partial charge on any atom is 0.298 e. The van der Waals surface area contributed by atoms with Crippen LogP contribution in [-0.2, 0) is 0 Å². The van der Waals surface area contributed by atoms with Crippen LogP contribution in [0.5, 0.6) is 5.88 Å². The molecule has 0 amide bonds. The summed E-state index contributed by atoms with van der Waals surface area (Å²) in [5, 5.41) is 37.2. The molecule has 0 aliphatic heterocycles. The number of nitrogens with zero attached hydrogens (tertiary/aromatic N) is 4. The van der Waals surface area contributed by atoms with Gasteiger partial charge in [-0.25, -0.2) is 0 Å². The van der Waals surface area contributed by atoms with Crippen molar-refractivity contribution in [3.63, 3.8) is 0 Å². The number of H-pyrrole nitrogens is 1. The molecule has 1 heterocycles. The molecule has 2 aromatic rings. The first kappa shape index (κ1) is 16.1. The van der Waals surface area contributed by atoms with Gasteiger partial charge in [0.15, 0.2) is 5.69 Å². The van der Waals surface area contributed by atoms with Gasteiger partial charge in [-0.15, -0.1) is 10.2 Å². The molecule has 0 unspecified atom stereocenters. The van der Waals surface area contributed by atoms with Gasteiger partial charge < -0.3 is 5.11 Å². The molecular weight excluding hydrogens is 326 g/mol. The van der Waals surface area contributed by atoms with Crippen molar-refractivity contribution in [3.8, 4) is 11.9 Å². The van der Waals surface area contributed by atoms with Crippen molar-refractivity contribution in [2.45, 2.75) is 6.92 Å². The molecule has 2 N–H and O–H groups in total. The molecule has 2 rings (SSSR count). The zero-order valence-corrected chi connectivity index (χ0v) is 12.3. The average molecular weight is 334 g/mol. The van der Waals surface area contributed by atoms with Gasteiger partial charge in [0.1, 0.15) is 17.3 Å². The standard InChI is InChI=1S/C13H8ClN5O4/c1-6-8(5-15)12(20)16-13(21)11(6)18-17-9-3-2-7(14)4-10(9)19(22)23/h2-4H,1H3,(H2,16,20,21)/b18-17+. The second-order valence-corrected chi connectivity index (χ2v) is 4.79. The number of benzene rings is 1. The number of pyridine rings is 1. The van der Waals surface area contributed by atoms with Gasteiger partial charge in [-0.1, -0.05) is 11.6 Å². The van der Waals surface area contributed by atoms with Crippen LogP contribution in [-0.4, -0.2) is 15.0 Å². The number of halogens is 1. The third-order valence-electron chi connectivity index (χ3n) is 2.92. The molecule has 1 aromatic carbocycles. The van der Waals surface area contributed by atoms with Crippen LogP contribution in [0, 0.1) is 28.4 Å². The molecule has 10 heteroatoms. The van der Waals surface area contributed by atoms with Crippen LogP contribution >= 0.6 is 11.6 Å². The second kappa shape index (κ2) is 6.25. The van der Waals surface area contributed by atoms with E-state index in [4.69, 9.17) is 16.9 Å². The van der Waals surface area contributed by atoms with Crippen LogP contribution in [0.1, 0.15) is 11.1 Å². The minimum Gasteiger partial charge on any atom is -0.493 e. The molecule has 0 aliphatic carbocycles. The lowest BCUT2D eigenvalue weighted by Gasteiger charge is -2.03. The van der Waals surface area contributed by atoms with Gasteiger partial charge in [0.05, 0.1) is 4.92 Å². The predicted molar refractivity (Wildman–Crippen MR) is 80.5 cm³/mol. The lowest BCUT2D eigenvalue weighted by Crippen LogP contribution is -2.11. The molecule has 9 nitrogen and oxygen atoms in total. The van der Waals surface area contributed by atoms with E-state index >= 15 is 0 Å². The topological polar surface area (TPSA) is 145 Å². The zero-order valence-electron chi connectivity index (χ0n) is 11.6. The molecule has 0 spiro atoms. The van der Waals surface area contributed by atoms with Crippen molar-refractivity contribution in [1.29, 1.82) is 5.26 Å². The van der Waals surface area contributed by atoms with Crippen molar-refractivity contribution < 1.29 is 10.0 Å². The van der Waals surface area contributed by atoms with E-state index in [9.17, 15) is 20.0 Å². The molecule has 116 valence electrons. The molecule has 0 aliphatic rings. The number of aromatic nitrogens is 1. The number of aromatic amines is 1. The molecule has 1 aromatic heterocycles. The number of rotatable bonds is 3. The monoisotopic (exact) mass is 333 g/mol. The van der Waals surface area contributed by atoms with Gasteiger partial charge in [-0.2, -0.15) is 5.26 Å². The summed E-state index contributed by atoms with van der Waals surface area (Å²) < 4.78 is 0. The summed E-state index contributed by atoms with van der Waals surface area (Å²) in [4.78, 5) is 23.8. The fourth-order valence-electron chi connectivity index (χ4n) is 1.78. The average Bonchev–Trinajstić information content (AvgIpc) is 2.48. The molecule has 0 saturated carbocycles. The summed E-state index contributed by atoms with van der Waals surface area (Å²) in [5.41, 5.74) is -1.52. The minimum atomic E-state index is -0.765. The number of nitriles is 1. The van der Waals surface area contributed by atoms with Crippen molar-refractivity contribution in [1.82, 2.24) is 4.98 Å². The van der Waals surface area contributed by atoms with E-state index in [1.807, 2.05) is 0 Å². The van der Waals surface area contributed by atoms with E-state index in [1.54, 1.807) is 6.07 Å². The fraction of sp³-hybridized carbons (Fsp3) is 0.0769. The molecular formula is C13H8ClN5O4. The van der Waals surface area contributed by atoms with Crippen LogP contribution in [0.25, 0.3) is 0 Å². The number of hydrogen-bond donors (Lipinski definition) is 2. The van der Waals surface area contributed by atoms with E-state index in [-0.39, 0.29) is 33.2 Å². The SMILES string of the molecule is Cc1c(/N=N/c2ccc(Cl)cc2[N+](=O)[O-])c(O)[nH]c(=O)c1C#N. The Bertz CT molecular complexity index is 929. The third kappa shape index (κ3) is 3.17. The number of nitro benzene ring substituents is 1. The van der Waals surface area contributed by atoms with E-state index in [1.165, 1.54) is 19.1 Å². The minimum absolute atomic E-state index is 0.0945. The summed E-state index contributed by atoms with van der Waals surface area (Å²) in [5.74, 6) is -0.591. The molecule has 0 atom stereocenters. The molecule has 0 saturated heterocycles. The van der Waals surface area contributed by atoms with Crippen LogP contribution in [0.3, 0.4) is 0 Å². The quantitative estimate of drug-likeness (QED) is 0.503. The summed E-state index contributed by atoms with van der Waals surface area (Å²) in [6, 6.07) is 5.47. The molecule has 0 fully saturated rings. The first-order valence-electron chi connectivity index (χ1n) is 6.06. The van der Waals surface area contributed by atoms with Crippen molar-refractivity contribution in [2.75, 3.05) is 0 Å². The smallest absolute Gasteiger partial charge is 0.298 e. The Hall–Kier alpha value is -3.25. The summed E-state index contributed by atoms with van der Waals surface area (Å²) in [6.07, 6.45) is 0. The maximum absolute atomic E-state index is 11.5. The largest absolute Gasteiger partial charge is 0.493 e. The first-order valence-corrected chi connectivity index (χ1v) is 6.44. The normalized spacial score (nSPS) is 10.7. The van der Waals surface area contributed by atoms with Gasteiger partial charge in [0, 0.05) is 16.7 Å². The van der Waals surface area contributed by atoms with E-state index in [0.717, 1.165) is 6.07 Å². The second-order valence-electron chi connectivity index (χ2n) is 4.35. The van der Waals surface area contributed by atoms with Crippen LogP contribution < -0.4 is 5.56 Å². The first-order chi connectivity index (χ1) is 10.8. The Morgan fingerprint density at radius 3 is 2.74 bits per heavy atom. The van der Waals surface area contributed by atoms with Crippen molar-refractivity contribution in [2.24, 2.45) is 10.2 Å². The highest BCUT2D eigenvalue weighted by Crippen LogP contribution is 2.34. The lowest BCUT2D eigenvalue weighted by molar-refractivity contribution is -0.384. The number of aromatic hydroxyl groups is 1. The Kier molecular flexibility index (Phi) is 4.38. The zero-order chi connectivity index (χ0) is 17.1. The van der Waals surface area contributed by atoms with Crippen LogP contribution in [0.2, 0.25) is 5.02 Å². The van der Waals surface area contributed by atoms with E-state index in [2.05, 4.69) is 15.2 Å². The van der Waals surface area contributed by atoms with Gasteiger partial charge >= 0.3 is 0 Å². The lowest BCUT2D eigenvalue weighted by atomic mass is 10.1. The number of hydrogen-bond acceptors (Lipinski definition) is 7. The van der Waals surface area contributed by atoms with Gasteiger partial charge in [0.25, 0.3) is 11.2 Å². The number of nitrogens with one attached hydrogen (secondary N) is 1. The fourth-order valence-corrected chi connectivity index (χ4v) is 1.95. The van der Waals surface area contributed by atoms with Gasteiger partial charge in [0.2, 0.25) is 5.88 Å². The highest BCUT2D eigenvalue weighted by atomic mass is 35.5. The van der Waals surface area contributed by atoms with Crippen molar-refractivity contribution >= 4 is 28.7 Å².